The minimum absolute atomic E-state index is 0.0777. The van der Waals surface area contributed by atoms with Crippen molar-refractivity contribution in [1.29, 1.82) is 0 Å². The van der Waals surface area contributed by atoms with Gasteiger partial charge in [0, 0.05) is 29.2 Å². The molecule has 0 aromatic heterocycles. The number of hydrogen-bond acceptors (Lipinski definition) is 3. The Morgan fingerprint density at radius 2 is 2.20 bits per heavy atom. The number of nitrogens with one attached hydrogen (secondary N) is 1. The average molecular weight is 365 g/mol. The van der Waals surface area contributed by atoms with Crippen LogP contribution in [0.5, 0.6) is 0 Å². The van der Waals surface area contributed by atoms with Crippen LogP contribution in [0.1, 0.15) is 25.3 Å². The highest BCUT2D eigenvalue weighted by molar-refractivity contribution is 9.10. The number of benzene rings is 1. The van der Waals surface area contributed by atoms with Crippen LogP contribution in [0, 0.1) is 5.82 Å². The molecule has 0 bridgehead atoms. The Morgan fingerprint density at radius 1 is 1.50 bits per heavy atom. The van der Waals surface area contributed by atoms with Gasteiger partial charge in [0.05, 0.1) is 0 Å². The lowest BCUT2D eigenvalue weighted by Crippen LogP contribution is -2.34. The van der Waals surface area contributed by atoms with Crippen molar-refractivity contribution in [3.8, 4) is 0 Å². The normalized spacial score (nSPS) is 20.5. The highest BCUT2D eigenvalue weighted by Crippen LogP contribution is 2.30. The van der Waals surface area contributed by atoms with Gasteiger partial charge in [-0.25, -0.2) is 12.8 Å². The van der Waals surface area contributed by atoms with Crippen LogP contribution in [0.3, 0.4) is 0 Å². The predicted octanol–water partition coefficient (Wildman–Crippen LogP) is 2.48. The maximum absolute atomic E-state index is 14.4. The number of halogens is 2. The third-order valence-corrected chi connectivity index (χ3v) is 6.00. The maximum atomic E-state index is 14.4. The average Bonchev–Trinajstić information content (AvgIpc) is 2.80. The molecule has 0 radical (unpaired) electrons. The minimum Gasteiger partial charge on any atom is -0.316 e. The van der Waals surface area contributed by atoms with Gasteiger partial charge in [-0.1, -0.05) is 15.9 Å². The van der Waals surface area contributed by atoms with Crippen LogP contribution in [0.25, 0.3) is 0 Å². The Bertz CT molecular complexity index is 607. The van der Waals surface area contributed by atoms with Crippen molar-refractivity contribution in [3.63, 3.8) is 0 Å². The van der Waals surface area contributed by atoms with Gasteiger partial charge in [0.2, 0.25) is 10.0 Å². The van der Waals surface area contributed by atoms with Crippen LogP contribution < -0.4 is 5.32 Å². The minimum atomic E-state index is -3.78. The second-order valence-corrected chi connectivity index (χ2v) is 7.79. The van der Waals surface area contributed by atoms with Crippen molar-refractivity contribution in [2.45, 2.75) is 37.2 Å². The largest absolute Gasteiger partial charge is 0.316 e. The molecule has 112 valence electrons. The van der Waals surface area contributed by atoms with Crippen LogP contribution in [0.2, 0.25) is 0 Å². The summed E-state index contributed by atoms with van der Waals surface area (Å²) in [5.74, 6) is -0.665. The van der Waals surface area contributed by atoms with E-state index in [1.165, 1.54) is 10.4 Å². The molecule has 1 fully saturated rings. The molecule has 1 aromatic rings. The lowest BCUT2D eigenvalue weighted by Gasteiger charge is -2.22. The quantitative estimate of drug-likeness (QED) is 0.892. The molecule has 1 aliphatic rings. The molecule has 1 aliphatic heterocycles. The lowest BCUT2D eigenvalue weighted by atomic mass is 10.2. The summed E-state index contributed by atoms with van der Waals surface area (Å²) in [5.41, 5.74) is 0.340. The summed E-state index contributed by atoms with van der Waals surface area (Å²) in [6, 6.07) is 2.86. The van der Waals surface area contributed by atoms with Gasteiger partial charge < -0.3 is 5.32 Å². The highest BCUT2D eigenvalue weighted by atomic mass is 79.9. The molecule has 0 amide bonds. The van der Waals surface area contributed by atoms with Crippen molar-refractivity contribution < 1.29 is 12.8 Å². The fraction of sp³-hybridized carbons (Fsp3) is 0.538. The topological polar surface area (TPSA) is 49.4 Å². The molecule has 20 heavy (non-hydrogen) atoms. The van der Waals surface area contributed by atoms with Gasteiger partial charge in [-0.3, -0.25) is 0 Å². The fourth-order valence-electron chi connectivity index (χ4n) is 2.52. The van der Waals surface area contributed by atoms with E-state index in [0.29, 0.717) is 16.6 Å². The molecule has 1 heterocycles. The van der Waals surface area contributed by atoms with E-state index in [9.17, 15) is 12.8 Å². The van der Waals surface area contributed by atoms with Crippen LogP contribution in [0.15, 0.2) is 21.5 Å². The second kappa shape index (κ2) is 6.09. The van der Waals surface area contributed by atoms with Gasteiger partial charge in [0.15, 0.2) is 0 Å². The Balaban J connectivity index is 2.51. The zero-order chi connectivity index (χ0) is 14.9. The Labute approximate surface area is 127 Å². The molecule has 1 unspecified atom stereocenters. The van der Waals surface area contributed by atoms with Crippen LogP contribution in [0.4, 0.5) is 4.39 Å². The van der Waals surface area contributed by atoms with Crippen LogP contribution in [-0.2, 0) is 16.6 Å². The summed E-state index contributed by atoms with van der Waals surface area (Å²) in [4.78, 5) is -0.245. The first-order chi connectivity index (χ1) is 9.37. The summed E-state index contributed by atoms with van der Waals surface area (Å²) >= 11 is 3.26. The van der Waals surface area contributed by atoms with Gasteiger partial charge in [0.1, 0.15) is 10.7 Å². The molecule has 1 saturated heterocycles. The van der Waals surface area contributed by atoms with Crippen LogP contribution in [-0.4, -0.2) is 32.4 Å². The van der Waals surface area contributed by atoms with Crippen LogP contribution >= 0.6 is 15.9 Å². The van der Waals surface area contributed by atoms with E-state index in [1.54, 1.807) is 13.1 Å². The van der Waals surface area contributed by atoms with Crippen molar-refractivity contribution in [3.05, 3.63) is 28.0 Å². The predicted molar refractivity (Wildman–Crippen MR) is 79.5 cm³/mol. The van der Waals surface area contributed by atoms with E-state index >= 15 is 0 Å². The molecule has 0 spiro atoms. The third kappa shape index (κ3) is 2.90. The van der Waals surface area contributed by atoms with Crippen molar-refractivity contribution in [1.82, 2.24) is 9.62 Å². The summed E-state index contributed by atoms with van der Waals surface area (Å²) in [6.07, 6.45) is 1.64. The van der Waals surface area contributed by atoms with E-state index in [2.05, 4.69) is 21.2 Å². The molecule has 0 aliphatic carbocycles. The first-order valence-electron chi connectivity index (χ1n) is 6.52. The Morgan fingerprint density at radius 3 is 2.75 bits per heavy atom. The third-order valence-electron chi connectivity index (χ3n) is 3.53. The molecule has 4 nitrogen and oxygen atoms in total. The van der Waals surface area contributed by atoms with E-state index < -0.39 is 15.8 Å². The summed E-state index contributed by atoms with van der Waals surface area (Å²) in [5, 5.41) is 2.84. The number of sulfonamides is 1. The fourth-order valence-corrected chi connectivity index (χ4v) is 5.01. The molecule has 0 saturated carbocycles. The second-order valence-electron chi connectivity index (χ2n) is 5.01. The Kier molecular flexibility index (Phi) is 4.84. The van der Waals surface area contributed by atoms with Gasteiger partial charge in [-0.05, 0) is 38.9 Å². The van der Waals surface area contributed by atoms with Gasteiger partial charge in [-0.15, -0.1) is 0 Å². The summed E-state index contributed by atoms with van der Waals surface area (Å²) < 4.78 is 41.6. The number of rotatable bonds is 4. The number of hydrogen-bond donors (Lipinski definition) is 1. The van der Waals surface area contributed by atoms with E-state index in [1.807, 2.05) is 6.92 Å². The van der Waals surface area contributed by atoms with Gasteiger partial charge in [-0.2, -0.15) is 4.31 Å². The van der Waals surface area contributed by atoms with E-state index in [4.69, 9.17) is 0 Å². The number of nitrogens with zero attached hydrogens (tertiary/aromatic N) is 1. The highest BCUT2D eigenvalue weighted by Gasteiger charge is 2.35. The van der Waals surface area contributed by atoms with Crippen molar-refractivity contribution in [2.24, 2.45) is 0 Å². The maximum Gasteiger partial charge on any atom is 0.246 e. The monoisotopic (exact) mass is 364 g/mol. The first-order valence-corrected chi connectivity index (χ1v) is 8.75. The molecule has 7 heteroatoms. The molecule has 1 aromatic carbocycles. The summed E-state index contributed by atoms with van der Waals surface area (Å²) in [6.45, 7) is 2.59. The smallest absolute Gasteiger partial charge is 0.246 e. The van der Waals surface area contributed by atoms with E-state index in [0.717, 1.165) is 12.8 Å². The molecule has 1 atom stereocenters. The first kappa shape index (κ1) is 15.9. The standard InChI is InChI=1S/C13H18BrFN2O2S/c1-9-4-3-5-17(9)20(18,19)12-7-11(14)6-10(8-16-2)13(12)15/h6-7,9,16H,3-5,8H2,1-2H3. The zero-order valence-electron chi connectivity index (χ0n) is 11.5. The SMILES string of the molecule is CNCc1cc(Br)cc(S(=O)(=O)N2CCCC2C)c1F. The molecular formula is C13H18BrFN2O2S. The van der Waals surface area contributed by atoms with Crippen molar-refractivity contribution >= 4 is 26.0 Å². The Hall–Kier alpha value is -0.500. The molecular weight excluding hydrogens is 347 g/mol. The zero-order valence-corrected chi connectivity index (χ0v) is 13.9. The van der Waals surface area contributed by atoms with Crippen molar-refractivity contribution in [2.75, 3.05) is 13.6 Å². The van der Waals surface area contributed by atoms with Gasteiger partial charge >= 0.3 is 0 Å². The molecule has 1 N–H and O–H groups in total. The van der Waals surface area contributed by atoms with Gasteiger partial charge in [0.25, 0.3) is 0 Å². The van der Waals surface area contributed by atoms with E-state index in [-0.39, 0.29) is 17.5 Å². The lowest BCUT2D eigenvalue weighted by molar-refractivity contribution is 0.404. The molecule has 2 rings (SSSR count). The summed E-state index contributed by atoms with van der Waals surface area (Å²) in [7, 11) is -2.09.